The number of likely N-dealkylation sites (N-methyl/N-ethyl adjacent to an activating group) is 1. The highest BCUT2D eigenvalue weighted by Crippen LogP contribution is 2.27. The van der Waals surface area contributed by atoms with Gasteiger partial charge in [0.15, 0.2) is 0 Å². The lowest BCUT2D eigenvalue weighted by Crippen LogP contribution is -2.25. The van der Waals surface area contributed by atoms with Crippen LogP contribution in [0.2, 0.25) is 0 Å². The zero-order valence-corrected chi connectivity index (χ0v) is 12.1. The molecule has 2 unspecified atom stereocenters. The molecule has 0 spiro atoms. The van der Waals surface area contributed by atoms with Crippen LogP contribution in [0.5, 0.6) is 5.75 Å². The summed E-state index contributed by atoms with van der Waals surface area (Å²) < 4.78 is 5.63. The number of hydrogen-bond acceptors (Lipinski definition) is 4. The van der Waals surface area contributed by atoms with E-state index in [1.807, 2.05) is 24.3 Å². The molecule has 5 heteroatoms. The fourth-order valence-corrected chi connectivity index (χ4v) is 2.49. The SMILES string of the molecule is CC1CC(Nc2ccccc2OCCC(N)=O)CN1C. The van der Waals surface area contributed by atoms with Crippen molar-refractivity contribution in [2.45, 2.75) is 31.8 Å². The summed E-state index contributed by atoms with van der Waals surface area (Å²) in [5.74, 6) is 0.428. The first kappa shape index (κ1) is 14.7. The second kappa shape index (κ2) is 6.61. The summed E-state index contributed by atoms with van der Waals surface area (Å²) >= 11 is 0. The number of para-hydroxylation sites is 2. The van der Waals surface area contributed by atoms with Crippen molar-refractivity contribution in [3.63, 3.8) is 0 Å². The molecule has 0 saturated carbocycles. The third-order valence-electron chi connectivity index (χ3n) is 3.74. The number of likely N-dealkylation sites (tertiary alicyclic amines) is 1. The molecule has 3 N–H and O–H groups in total. The summed E-state index contributed by atoms with van der Waals surface area (Å²) in [6, 6.07) is 8.83. The Morgan fingerprint density at radius 3 is 2.90 bits per heavy atom. The van der Waals surface area contributed by atoms with E-state index in [1.165, 1.54) is 0 Å². The monoisotopic (exact) mass is 277 g/mol. The smallest absolute Gasteiger partial charge is 0.220 e. The fourth-order valence-electron chi connectivity index (χ4n) is 2.49. The molecule has 1 amide bonds. The topological polar surface area (TPSA) is 67.6 Å². The number of primary amides is 1. The van der Waals surface area contributed by atoms with Gasteiger partial charge in [0.05, 0.1) is 18.7 Å². The van der Waals surface area contributed by atoms with Gasteiger partial charge in [-0.05, 0) is 32.5 Å². The molecule has 0 radical (unpaired) electrons. The van der Waals surface area contributed by atoms with Gasteiger partial charge in [-0.15, -0.1) is 0 Å². The molecule has 1 heterocycles. The fraction of sp³-hybridized carbons (Fsp3) is 0.533. The van der Waals surface area contributed by atoms with Gasteiger partial charge in [0, 0.05) is 18.6 Å². The molecule has 1 aliphatic rings. The maximum Gasteiger partial charge on any atom is 0.220 e. The lowest BCUT2D eigenvalue weighted by Gasteiger charge is -2.17. The van der Waals surface area contributed by atoms with Crippen LogP contribution in [0, 0.1) is 0 Å². The van der Waals surface area contributed by atoms with Crippen molar-refractivity contribution < 1.29 is 9.53 Å². The van der Waals surface area contributed by atoms with Crippen LogP contribution in [-0.4, -0.2) is 43.1 Å². The molecule has 110 valence electrons. The molecule has 1 saturated heterocycles. The summed E-state index contributed by atoms with van der Waals surface area (Å²) in [7, 11) is 2.14. The number of benzene rings is 1. The van der Waals surface area contributed by atoms with Crippen molar-refractivity contribution in [3.05, 3.63) is 24.3 Å². The Hall–Kier alpha value is -1.75. The predicted molar refractivity (Wildman–Crippen MR) is 79.9 cm³/mol. The number of carbonyl (C=O) groups is 1. The van der Waals surface area contributed by atoms with E-state index in [4.69, 9.17) is 10.5 Å². The van der Waals surface area contributed by atoms with Gasteiger partial charge < -0.3 is 20.7 Å². The Bertz CT molecular complexity index is 454. The van der Waals surface area contributed by atoms with E-state index in [-0.39, 0.29) is 12.3 Å². The summed E-state index contributed by atoms with van der Waals surface area (Å²) in [4.78, 5) is 13.1. The summed E-state index contributed by atoms with van der Waals surface area (Å²) in [5.41, 5.74) is 6.09. The Kier molecular flexibility index (Phi) is 4.84. The first-order valence-corrected chi connectivity index (χ1v) is 7.03. The number of nitrogens with two attached hydrogens (primary N) is 1. The van der Waals surface area contributed by atoms with Crippen LogP contribution >= 0.6 is 0 Å². The van der Waals surface area contributed by atoms with E-state index in [1.54, 1.807) is 0 Å². The van der Waals surface area contributed by atoms with Gasteiger partial charge in [0.2, 0.25) is 5.91 Å². The normalized spacial score (nSPS) is 22.7. The quantitative estimate of drug-likeness (QED) is 0.826. The van der Waals surface area contributed by atoms with Crippen molar-refractivity contribution in [2.75, 3.05) is 25.5 Å². The highest BCUT2D eigenvalue weighted by molar-refractivity contribution is 5.73. The molecule has 1 aromatic rings. The third kappa shape index (κ3) is 3.87. The zero-order valence-electron chi connectivity index (χ0n) is 12.1. The lowest BCUT2D eigenvalue weighted by atomic mass is 10.2. The largest absolute Gasteiger partial charge is 0.491 e. The summed E-state index contributed by atoms with van der Waals surface area (Å²) in [5, 5.41) is 3.53. The molecule has 0 aromatic heterocycles. The van der Waals surface area contributed by atoms with Crippen LogP contribution < -0.4 is 15.8 Å². The van der Waals surface area contributed by atoms with E-state index < -0.39 is 0 Å². The second-order valence-electron chi connectivity index (χ2n) is 5.43. The van der Waals surface area contributed by atoms with Gasteiger partial charge in [-0.1, -0.05) is 12.1 Å². The Morgan fingerprint density at radius 2 is 2.25 bits per heavy atom. The molecule has 1 aromatic carbocycles. The van der Waals surface area contributed by atoms with Gasteiger partial charge in [-0.25, -0.2) is 0 Å². The Morgan fingerprint density at radius 1 is 1.50 bits per heavy atom. The number of hydrogen-bond donors (Lipinski definition) is 2. The molecule has 2 atom stereocenters. The second-order valence-corrected chi connectivity index (χ2v) is 5.43. The van der Waals surface area contributed by atoms with E-state index >= 15 is 0 Å². The van der Waals surface area contributed by atoms with Crippen LogP contribution in [0.1, 0.15) is 19.8 Å². The molecule has 0 aliphatic carbocycles. The van der Waals surface area contributed by atoms with E-state index in [0.717, 1.165) is 24.4 Å². The van der Waals surface area contributed by atoms with Crippen LogP contribution in [0.15, 0.2) is 24.3 Å². The van der Waals surface area contributed by atoms with Crippen molar-refractivity contribution in [3.8, 4) is 5.75 Å². The van der Waals surface area contributed by atoms with Gasteiger partial charge >= 0.3 is 0 Å². The van der Waals surface area contributed by atoms with Crippen LogP contribution in [0.25, 0.3) is 0 Å². The maximum absolute atomic E-state index is 10.7. The molecule has 2 rings (SSSR count). The van der Waals surface area contributed by atoms with Gasteiger partial charge in [-0.3, -0.25) is 4.79 Å². The van der Waals surface area contributed by atoms with Gasteiger partial charge in [0.25, 0.3) is 0 Å². The molecule has 0 bridgehead atoms. The molecular formula is C15H23N3O2. The number of nitrogens with one attached hydrogen (secondary N) is 1. The average Bonchev–Trinajstić information content (AvgIpc) is 2.70. The minimum atomic E-state index is -0.346. The number of ether oxygens (including phenoxy) is 1. The molecule has 20 heavy (non-hydrogen) atoms. The van der Waals surface area contributed by atoms with Gasteiger partial charge in [0.1, 0.15) is 5.75 Å². The highest BCUT2D eigenvalue weighted by atomic mass is 16.5. The lowest BCUT2D eigenvalue weighted by molar-refractivity contribution is -0.118. The highest BCUT2D eigenvalue weighted by Gasteiger charge is 2.26. The summed E-state index contributed by atoms with van der Waals surface area (Å²) in [6.45, 7) is 3.57. The first-order chi connectivity index (χ1) is 9.56. The minimum Gasteiger partial charge on any atom is -0.491 e. The van der Waals surface area contributed by atoms with E-state index in [0.29, 0.717) is 18.7 Å². The zero-order chi connectivity index (χ0) is 14.5. The molecule has 1 fully saturated rings. The molecular weight excluding hydrogens is 254 g/mol. The van der Waals surface area contributed by atoms with Crippen molar-refractivity contribution >= 4 is 11.6 Å². The van der Waals surface area contributed by atoms with Crippen molar-refractivity contribution in [2.24, 2.45) is 5.73 Å². The molecule has 1 aliphatic heterocycles. The van der Waals surface area contributed by atoms with E-state index in [9.17, 15) is 4.79 Å². The van der Waals surface area contributed by atoms with Crippen LogP contribution in [-0.2, 0) is 4.79 Å². The Balaban J connectivity index is 1.95. The van der Waals surface area contributed by atoms with Gasteiger partial charge in [-0.2, -0.15) is 0 Å². The van der Waals surface area contributed by atoms with E-state index in [2.05, 4.69) is 24.2 Å². The number of anilines is 1. The van der Waals surface area contributed by atoms with Crippen LogP contribution in [0.4, 0.5) is 5.69 Å². The standard InChI is InChI=1S/C15H23N3O2/c1-11-9-12(10-18(11)2)17-13-5-3-4-6-14(13)20-8-7-15(16)19/h3-6,11-12,17H,7-10H2,1-2H3,(H2,16,19). The Labute approximate surface area is 120 Å². The van der Waals surface area contributed by atoms with Crippen LogP contribution in [0.3, 0.4) is 0 Å². The van der Waals surface area contributed by atoms with Crippen molar-refractivity contribution in [1.29, 1.82) is 0 Å². The molecule has 5 nitrogen and oxygen atoms in total. The minimum absolute atomic E-state index is 0.234. The number of amides is 1. The number of rotatable bonds is 6. The summed E-state index contributed by atoms with van der Waals surface area (Å²) in [6.07, 6.45) is 1.35. The predicted octanol–water partition coefficient (Wildman–Crippen LogP) is 1.45. The number of carbonyl (C=O) groups excluding carboxylic acids is 1. The van der Waals surface area contributed by atoms with Crippen molar-refractivity contribution in [1.82, 2.24) is 4.90 Å². The average molecular weight is 277 g/mol. The third-order valence-corrected chi connectivity index (χ3v) is 3.74. The maximum atomic E-state index is 10.7. The first-order valence-electron chi connectivity index (χ1n) is 7.03. The number of nitrogens with zero attached hydrogens (tertiary/aromatic N) is 1.